The number of carbonyl (C=O) groups excluding carboxylic acids is 2. The van der Waals surface area contributed by atoms with E-state index in [2.05, 4.69) is 20.3 Å². The van der Waals surface area contributed by atoms with E-state index in [0.717, 1.165) is 29.2 Å². The Bertz CT molecular complexity index is 848. The van der Waals surface area contributed by atoms with E-state index in [-0.39, 0.29) is 23.5 Å². The SMILES string of the molecule is CCOC(=O)c1sc(NC(=O)[C@@H](C)Sc2nc(N)cc(=O)[nH]2)nc1C. The third-order valence-corrected chi connectivity index (χ3v) is 4.92. The van der Waals surface area contributed by atoms with Gasteiger partial charge in [0.15, 0.2) is 10.3 Å². The molecule has 0 saturated carbocycles. The van der Waals surface area contributed by atoms with Crippen LogP contribution in [0.25, 0.3) is 0 Å². The molecule has 0 bridgehead atoms. The molecule has 9 nitrogen and oxygen atoms in total. The van der Waals surface area contributed by atoms with E-state index in [4.69, 9.17) is 10.5 Å². The summed E-state index contributed by atoms with van der Waals surface area (Å²) >= 11 is 2.10. The summed E-state index contributed by atoms with van der Waals surface area (Å²) in [6, 6.07) is 1.16. The van der Waals surface area contributed by atoms with E-state index in [0.29, 0.717) is 15.7 Å². The second kappa shape index (κ2) is 8.12. The molecular weight excluding hydrogens is 366 g/mol. The summed E-state index contributed by atoms with van der Waals surface area (Å²) in [5.41, 5.74) is 5.61. The van der Waals surface area contributed by atoms with Crippen LogP contribution in [0.15, 0.2) is 16.0 Å². The Morgan fingerprint density at radius 1 is 1.48 bits per heavy atom. The summed E-state index contributed by atoms with van der Waals surface area (Å²) in [7, 11) is 0. The van der Waals surface area contributed by atoms with E-state index >= 15 is 0 Å². The summed E-state index contributed by atoms with van der Waals surface area (Å²) in [5.74, 6) is -0.741. The van der Waals surface area contributed by atoms with Gasteiger partial charge in [0.25, 0.3) is 5.56 Å². The van der Waals surface area contributed by atoms with Crippen molar-refractivity contribution in [1.29, 1.82) is 0 Å². The Kier molecular flexibility index (Phi) is 6.15. The van der Waals surface area contributed by atoms with Crippen LogP contribution in [0.1, 0.15) is 29.2 Å². The number of hydrogen-bond donors (Lipinski definition) is 3. The molecule has 2 aromatic rings. The fourth-order valence-corrected chi connectivity index (χ4v) is 3.45. The van der Waals surface area contributed by atoms with Crippen LogP contribution in [0.4, 0.5) is 10.9 Å². The highest BCUT2D eigenvalue weighted by molar-refractivity contribution is 8.00. The predicted molar refractivity (Wildman–Crippen MR) is 96.0 cm³/mol. The quantitative estimate of drug-likeness (QED) is 0.386. The van der Waals surface area contributed by atoms with Crippen molar-refractivity contribution in [2.75, 3.05) is 17.7 Å². The summed E-state index contributed by atoms with van der Waals surface area (Å²) < 4.78 is 4.94. The molecule has 0 spiro atoms. The molecule has 1 atom stereocenters. The lowest BCUT2D eigenvalue weighted by molar-refractivity contribution is -0.115. The van der Waals surface area contributed by atoms with Crippen LogP contribution in [0, 0.1) is 6.92 Å². The fourth-order valence-electron chi connectivity index (χ4n) is 1.77. The minimum Gasteiger partial charge on any atom is -0.462 e. The van der Waals surface area contributed by atoms with Crippen molar-refractivity contribution in [1.82, 2.24) is 15.0 Å². The molecule has 25 heavy (non-hydrogen) atoms. The van der Waals surface area contributed by atoms with Gasteiger partial charge in [-0.3, -0.25) is 9.59 Å². The van der Waals surface area contributed by atoms with Gasteiger partial charge in [-0.2, -0.15) is 0 Å². The van der Waals surface area contributed by atoms with E-state index in [9.17, 15) is 14.4 Å². The zero-order valence-electron chi connectivity index (χ0n) is 13.8. The van der Waals surface area contributed by atoms with Gasteiger partial charge in [0, 0.05) is 6.07 Å². The summed E-state index contributed by atoms with van der Waals surface area (Å²) in [5, 5.41) is 2.61. The van der Waals surface area contributed by atoms with Crippen LogP contribution in [-0.2, 0) is 9.53 Å². The summed E-state index contributed by atoms with van der Waals surface area (Å²) in [6.45, 7) is 5.29. The number of nitrogens with one attached hydrogen (secondary N) is 2. The Hall–Kier alpha value is -2.40. The number of nitrogens with two attached hydrogens (primary N) is 1. The second-order valence-electron chi connectivity index (χ2n) is 4.88. The van der Waals surface area contributed by atoms with Gasteiger partial charge in [0.2, 0.25) is 5.91 Å². The molecule has 0 aliphatic heterocycles. The molecular formula is C14H17N5O4S2. The Labute approximate surface area is 151 Å². The maximum absolute atomic E-state index is 12.3. The highest BCUT2D eigenvalue weighted by atomic mass is 32.2. The maximum Gasteiger partial charge on any atom is 0.350 e. The number of hydrogen-bond acceptors (Lipinski definition) is 9. The number of anilines is 2. The van der Waals surface area contributed by atoms with Gasteiger partial charge in [-0.25, -0.2) is 14.8 Å². The van der Waals surface area contributed by atoms with Crippen LogP contribution in [0.2, 0.25) is 0 Å². The van der Waals surface area contributed by atoms with Gasteiger partial charge in [-0.05, 0) is 20.8 Å². The van der Waals surface area contributed by atoms with Gasteiger partial charge in [0.1, 0.15) is 10.7 Å². The molecule has 0 radical (unpaired) electrons. The lowest BCUT2D eigenvalue weighted by atomic mass is 10.4. The first-order valence-corrected chi connectivity index (χ1v) is 8.98. The van der Waals surface area contributed by atoms with Crippen molar-refractivity contribution in [3.8, 4) is 0 Å². The number of H-pyrrole nitrogens is 1. The standard InChI is InChI=1S/C14H17N5O4S2/c1-4-23-12(22)10-6(2)16-13(25-10)19-11(21)7(3)24-14-17-8(15)5-9(20)18-14/h5,7H,4H2,1-3H3,(H,16,19,21)(H3,15,17,18,20)/t7-/m1/s1. The van der Waals surface area contributed by atoms with Gasteiger partial charge >= 0.3 is 5.97 Å². The number of amides is 1. The summed E-state index contributed by atoms with van der Waals surface area (Å²) in [4.78, 5) is 46.4. The van der Waals surface area contributed by atoms with Gasteiger partial charge in [-0.1, -0.05) is 23.1 Å². The number of thiazole rings is 1. The number of carbonyl (C=O) groups is 2. The third-order valence-electron chi connectivity index (χ3n) is 2.88. The van der Waals surface area contributed by atoms with Crippen molar-refractivity contribution in [3.05, 3.63) is 27.0 Å². The maximum atomic E-state index is 12.3. The highest BCUT2D eigenvalue weighted by Gasteiger charge is 2.21. The molecule has 0 unspecified atom stereocenters. The van der Waals surface area contributed by atoms with Crippen molar-refractivity contribution in [2.45, 2.75) is 31.2 Å². The lowest BCUT2D eigenvalue weighted by Crippen LogP contribution is -2.23. The van der Waals surface area contributed by atoms with E-state index in [1.165, 1.54) is 0 Å². The Morgan fingerprint density at radius 3 is 2.84 bits per heavy atom. The first kappa shape index (κ1) is 18.9. The molecule has 2 aromatic heterocycles. The molecule has 0 fully saturated rings. The number of ether oxygens (including phenoxy) is 1. The van der Waals surface area contributed by atoms with Crippen LogP contribution in [0.3, 0.4) is 0 Å². The molecule has 0 saturated heterocycles. The van der Waals surface area contributed by atoms with Crippen LogP contribution >= 0.6 is 23.1 Å². The fraction of sp³-hybridized carbons (Fsp3) is 0.357. The second-order valence-corrected chi connectivity index (χ2v) is 7.21. The number of aromatic nitrogens is 3. The van der Waals surface area contributed by atoms with Crippen molar-refractivity contribution in [2.24, 2.45) is 0 Å². The van der Waals surface area contributed by atoms with E-state index < -0.39 is 16.8 Å². The summed E-state index contributed by atoms with van der Waals surface area (Å²) in [6.07, 6.45) is 0. The van der Waals surface area contributed by atoms with E-state index in [1.807, 2.05) is 0 Å². The topological polar surface area (TPSA) is 140 Å². The monoisotopic (exact) mass is 383 g/mol. The zero-order valence-corrected chi connectivity index (χ0v) is 15.4. The molecule has 11 heteroatoms. The number of esters is 1. The molecule has 0 aromatic carbocycles. The number of rotatable bonds is 6. The van der Waals surface area contributed by atoms with Crippen molar-refractivity contribution < 1.29 is 14.3 Å². The minimum atomic E-state index is -0.569. The first-order valence-electron chi connectivity index (χ1n) is 7.29. The minimum absolute atomic E-state index is 0.0773. The molecule has 1 amide bonds. The number of nitrogens with zero attached hydrogens (tertiary/aromatic N) is 2. The predicted octanol–water partition coefficient (Wildman–Crippen LogP) is 1.41. The zero-order chi connectivity index (χ0) is 18.6. The average molecular weight is 383 g/mol. The lowest BCUT2D eigenvalue weighted by Gasteiger charge is -2.09. The largest absolute Gasteiger partial charge is 0.462 e. The first-order chi connectivity index (χ1) is 11.8. The molecule has 2 rings (SSSR count). The molecule has 4 N–H and O–H groups in total. The van der Waals surface area contributed by atoms with Crippen molar-refractivity contribution in [3.63, 3.8) is 0 Å². The van der Waals surface area contributed by atoms with Crippen LogP contribution in [-0.4, -0.2) is 38.7 Å². The third kappa shape index (κ3) is 5.03. The Balaban J connectivity index is 2.05. The van der Waals surface area contributed by atoms with Gasteiger partial charge in [0.05, 0.1) is 17.6 Å². The van der Waals surface area contributed by atoms with Crippen LogP contribution < -0.4 is 16.6 Å². The normalized spacial score (nSPS) is 11.8. The van der Waals surface area contributed by atoms with Gasteiger partial charge < -0.3 is 20.8 Å². The number of thioether (sulfide) groups is 1. The molecule has 134 valence electrons. The number of aromatic amines is 1. The van der Waals surface area contributed by atoms with E-state index in [1.54, 1.807) is 20.8 Å². The Morgan fingerprint density at radius 2 is 2.20 bits per heavy atom. The highest BCUT2D eigenvalue weighted by Crippen LogP contribution is 2.25. The van der Waals surface area contributed by atoms with Crippen LogP contribution in [0.5, 0.6) is 0 Å². The number of nitrogen functional groups attached to an aromatic ring is 1. The molecule has 2 heterocycles. The average Bonchev–Trinajstić information content (AvgIpc) is 2.87. The smallest absolute Gasteiger partial charge is 0.350 e. The molecule has 0 aliphatic rings. The van der Waals surface area contributed by atoms with Gasteiger partial charge in [-0.15, -0.1) is 0 Å². The molecule has 0 aliphatic carbocycles. The number of aryl methyl sites for hydroxylation is 1. The van der Waals surface area contributed by atoms with Crippen molar-refractivity contribution >= 4 is 45.9 Å².